The highest BCUT2D eigenvalue weighted by atomic mass is 16.6. The Morgan fingerprint density at radius 1 is 1.47 bits per heavy atom. The minimum atomic E-state index is -0.491. The first-order chi connectivity index (χ1) is 8.90. The fourth-order valence-electron chi connectivity index (χ4n) is 1.26. The van der Waals surface area contributed by atoms with Crippen LogP contribution in [-0.4, -0.2) is 28.3 Å². The van der Waals surface area contributed by atoms with Crippen molar-refractivity contribution >= 4 is 12.2 Å². The lowest BCUT2D eigenvalue weighted by Crippen LogP contribution is -2.32. The van der Waals surface area contributed by atoms with Gasteiger partial charge in [0, 0.05) is 12.7 Å². The number of hydrogen-bond acceptors (Lipinski definition) is 4. The molecule has 0 aromatic carbocycles. The Labute approximate surface area is 113 Å². The van der Waals surface area contributed by atoms with E-state index in [4.69, 9.17) is 9.84 Å². The minimum Gasteiger partial charge on any atom is -0.444 e. The third kappa shape index (κ3) is 6.57. The van der Waals surface area contributed by atoms with E-state index >= 15 is 0 Å². The number of nitrogens with zero attached hydrogens (tertiary/aromatic N) is 1. The molecule has 1 heterocycles. The maximum Gasteiger partial charge on any atom is 0.407 e. The van der Waals surface area contributed by atoms with Crippen molar-refractivity contribution in [3.63, 3.8) is 0 Å². The summed E-state index contributed by atoms with van der Waals surface area (Å²) in [5, 5.41) is 11.5. The number of hydrogen-bond donors (Lipinski definition) is 2. The molecule has 0 aliphatic carbocycles. The van der Waals surface area contributed by atoms with Crippen molar-refractivity contribution in [1.82, 2.24) is 10.3 Å². The molecule has 0 radical (unpaired) electrons. The summed E-state index contributed by atoms with van der Waals surface area (Å²) in [6.45, 7) is 5.80. The van der Waals surface area contributed by atoms with Gasteiger partial charge in [-0.05, 0) is 38.5 Å². The summed E-state index contributed by atoms with van der Waals surface area (Å²) in [5.41, 5.74) is 1.04. The first kappa shape index (κ1) is 15.2. The normalized spacial score (nSPS) is 11.6. The molecule has 5 heteroatoms. The lowest BCUT2D eigenvalue weighted by atomic mass is 10.2. The van der Waals surface area contributed by atoms with E-state index < -0.39 is 11.7 Å². The van der Waals surface area contributed by atoms with E-state index in [2.05, 4.69) is 10.3 Å². The van der Waals surface area contributed by atoms with Crippen LogP contribution < -0.4 is 5.32 Å². The summed E-state index contributed by atoms with van der Waals surface area (Å²) < 4.78 is 5.09. The zero-order chi connectivity index (χ0) is 14.3. The number of carbonyl (C=O) groups excluding carboxylic acids is 1. The van der Waals surface area contributed by atoms with Crippen molar-refractivity contribution in [2.45, 2.75) is 33.0 Å². The summed E-state index contributed by atoms with van der Waals surface area (Å²) in [4.78, 5) is 15.5. The number of aromatic nitrogens is 1. The third-order valence-electron chi connectivity index (χ3n) is 2.08. The van der Waals surface area contributed by atoms with Gasteiger partial charge in [-0.15, -0.1) is 0 Å². The smallest absolute Gasteiger partial charge is 0.407 e. The Kier molecular flexibility index (Phi) is 5.51. The van der Waals surface area contributed by atoms with Crippen LogP contribution in [0.2, 0.25) is 0 Å². The molecule has 1 aromatic heterocycles. The SMILES string of the molecule is CC(C)(C)OC(=O)NCC=Cc1ccc(CO)cn1. The van der Waals surface area contributed by atoms with E-state index in [9.17, 15) is 4.79 Å². The number of amides is 1. The van der Waals surface area contributed by atoms with Gasteiger partial charge in [0.25, 0.3) is 0 Å². The van der Waals surface area contributed by atoms with Crippen LogP contribution >= 0.6 is 0 Å². The van der Waals surface area contributed by atoms with Gasteiger partial charge in [0.1, 0.15) is 5.60 Å². The second kappa shape index (κ2) is 6.89. The molecule has 19 heavy (non-hydrogen) atoms. The van der Waals surface area contributed by atoms with Crippen LogP contribution in [0.4, 0.5) is 4.79 Å². The zero-order valence-corrected chi connectivity index (χ0v) is 11.5. The maximum atomic E-state index is 11.3. The van der Waals surface area contributed by atoms with E-state index in [0.29, 0.717) is 6.54 Å². The molecule has 1 amide bonds. The van der Waals surface area contributed by atoms with Crippen LogP contribution in [0.25, 0.3) is 6.08 Å². The minimum absolute atomic E-state index is 0.0167. The molecule has 2 N–H and O–H groups in total. The Morgan fingerprint density at radius 3 is 2.74 bits per heavy atom. The number of rotatable bonds is 4. The summed E-state index contributed by atoms with van der Waals surface area (Å²) in [6, 6.07) is 3.60. The monoisotopic (exact) mass is 264 g/mol. The highest BCUT2D eigenvalue weighted by molar-refractivity contribution is 5.68. The molecule has 0 atom stereocenters. The first-order valence-electron chi connectivity index (χ1n) is 6.10. The molecule has 0 fully saturated rings. The second-order valence-corrected chi connectivity index (χ2v) is 5.03. The van der Waals surface area contributed by atoms with Crippen molar-refractivity contribution in [2.75, 3.05) is 6.54 Å². The fraction of sp³-hybridized carbons (Fsp3) is 0.429. The van der Waals surface area contributed by atoms with Gasteiger partial charge in [-0.1, -0.05) is 12.1 Å². The molecule has 0 saturated heterocycles. The second-order valence-electron chi connectivity index (χ2n) is 5.03. The van der Waals surface area contributed by atoms with Crippen molar-refractivity contribution in [3.05, 3.63) is 35.7 Å². The molecule has 0 unspecified atom stereocenters. The Balaban J connectivity index is 2.35. The van der Waals surface area contributed by atoms with Gasteiger partial charge < -0.3 is 15.2 Å². The van der Waals surface area contributed by atoms with Crippen LogP contribution in [0.1, 0.15) is 32.0 Å². The van der Waals surface area contributed by atoms with Crippen LogP contribution in [0.5, 0.6) is 0 Å². The molecule has 0 saturated carbocycles. The zero-order valence-electron chi connectivity index (χ0n) is 11.5. The quantitative estimate of drug-likeness (QED) is 0.873. The van der Waals surface area contributed by atoms with Crippen molar-refractivity contribution in [2.24, 2.45) is 0 Å². The van der Waals surface area contributed by atoms with E-state index in [0.717, 1.165) is 11.3 Å². The molecule has 0 aliphatic heterocycles. The summed E-state index contributed by atoms with van der Waals surface area (Å²) in [5.74, 6) is 0. The fourth-order valence-corrected chi connectivity index (χ4v) is 1.26. The van der Waals surface area contributed by atoms with E-state index in [-0.39, 0.29) is 6.61 Å². The van der Waals surface area contributed by atoms with Crippen molar-refractivity contribution in [1.29, 1.82) is 0 Å². The molecular formula is C14H20N2O3. The van der Waals surface area contributed by atoms with Crippen LogP contribution in [-0.2, 0) is 11.3 Å². The van der Waals surface area contributed by atoms with Crippen LogP contribution in [0, 0.1) is 0 Å². The van der Waals surface area contributed by atoms with Gasteiger partial charge in [0.2, 0.25) is 0 Å². The predicted molar refractivity (Wildman–Crippen MR) is 73.4 cm³/mol. The van der Waals surface area contributed by atoms with Crippen LogP contribution in [0.3, 0.4) is 0 Å². The molecule has 1 rings (SSSR count). The van der Waals surface area contributed by atoms with Gasteiger partial charge in [-0.3, -0.25) is 4.98 Å². The molecule has 0 spiro atoms. The van der Waals surface area contributed by atoms with Gasteiger partial charge in [0.15, 0.2) is 0 Å². The van der Waals surface area contributed by atoms with Gasteiger partial charge in [-0.2, -0.15) is 0 Å². The highest BCUT2D eigenvalue weighted by Gasteiger charge is 2.14. The van der Waals surface area contributed by atoms with Gasteiger partial charge in [-0.25, -0.2) is 4.79 Å². The maximum absolute atomic E-state index is 11.3. The third-order valence-corrected chi connectivity index (χ3v) is 2.08. The van der Waals surface area contributed by atoms with E-state index in [1.54, 1.807) is 30.5 Å². The van der Waals surface area contributed by atoms with Crippen molar-refractivity contribution in [3.8, 4) is 0 Å². The largest absolute Gasteiger partial charge is 0.444 e. The number of alkyl carbamates (subject to hydrolysis) is 1. The molecule has 0 aliphatic rings. The highest BCUT2D eigenvalue weighted by Crippen LogP contribution is 2.06. The number of pyridine rings is 1. The lowest BCUT2D eigenvalue weighted by molar-refractivity contribution is 0.0534. The Morgan fingerprint density at radius 2 is 2.21 bits per heavy atom. The van der Waals surface area contributed by atoms with Gasteiger partial charge in [0.05, 0.1) is 12.3 Å². The number of aliphatic hydroxyl groups is 1. The van der Waals surface area contributed by atoms with Gasteiger partial charge >= 0.3 is 6.09 Å². The molecule has 0 bridgehead atoms. The average Bonchev–Trinajstić information content (AvgIpc) is 2.33. The summed E-state index contributed by atoms with van der Waals surface area (Å²) in [6.07, 6.45) is 4.74. The average molecular weight is 264 g/mol. The van der Waals surface area contributed by atoms with E-state index in [1.165, 1.54) is 0 Å². The summed E-state index contributed by atoms with van der Waals surface area (Å²) >= 11 is 0. The molecule has 5 nitrogen and oxygen atoms in total. The predicted octanol–water partition coefficient (Wildman–Crippen LogP) is 2.11. The number of nitrogens with one attached hydrogen (secondary N) is 1. The van der Waals surface area contributed by atoms with Crippen molar-refractivity contribution < 1.29 is 14.6 Å². The molecule has 104 valence electrons. The standard InChI is InChI=1S/C14H20N2O3/c1-14(2,3)19-13(18)15-8-4-5-12-7-6-11(10-17)9-16-12/h4-7,9,17H,8,10H2,1-3H3,(H,15,18). The first-order valence-corrected chi connectivity index (χ1v) is 6.10. The topological polar surface area (TPSA) is 71.5 Å². The molecule has 1 aromatic rings. The van der Waals surface area contributed by atoms with Crippen LogP contribution in [0.15, 0.2) is 24.4 Å². The number of aliphatic hydroxyl groups excluding tert-OH is 1. The lowest BCUT2D eigenvalue weighted by Gasteiger charge is -2.19. The molecular weight excluding hydrogens is 244 g/mol. The summed E-state index contributed by atoms with van der Waals surface area (Å²) in [7, 11) is 0. The Hall–Kier alpha value is -1.88. The number of carbonyl (C=O) groups is 1. The van der Waals surface area contributed by atoms with E-state index in [1.807, 2.05) is 20.8 Å². The Bertz CT molecular complexity index is 433. The number of ether oxygens (including phenoxy) is 1.